The van der Waals surface area contributed by atoms with Crippen LogP contribution in [-0.2, 0) is 0 Å². The van der Waals surface area contributed by atoms with Gasteiger partial charge in [0.05, 0.1) is 11.7 Å². The Hall–Kier alpha value is -1.13. The second-order valence-electron chi connectivity index (χ2n) is 4.72. The molecule has 1 aliphatic rings. The Morgan fingerprint density at radius 2 is 2.17 bits per heavy atom. The van der Waals surface area contributed by atoms with Crippen molar-refractivity contribution in [1.29, 1.82) is 0 Å². The first-order chi connectivity index (χ1) is 8.75. The third-order valence-corrected chi connectivity index (χ3v) is 4.11. The lowest BCUT2D eigenvalue weighted by Gasteiger charge is -2.05. The van der Waals surface area contributed by atoms with Crippen molar-refractivity contribution in [3.8, 4) is 11.3 Å². The summed E-state index contributed by atoms with van der Waals surface area (Å²) in [5.74, 6) is 1.07. The molecule has 1 fully saturated rings. The van der Waals surface area contributed by atoms with E-state index in [1.54, 1.807) is 0 Å². The number of nitrogens with zero attached hydrogens (tertiary/aromatic N) is 1. The van der Waals surface area contributed by atoms with Crippen LogP contribution < -0.4 is 5.32 Å². The van der Waals surface area contributed by atoms with Gasteiger partial charge in [-0.05, 0) is 32.4 Å². The number of hydrogen-bond acceptors (Lipinski definition) is 2. The van der Waals surface area contributed by atoms with Crippen LogP contribution in [0.2, 0.25) is 0 Å². The number of aromatic nitrogens is 2. The molecule has 0 radical (unpaired) electrons. The number of rotatable bonds is 2. The van der Waals surface area contributed by atoms with Gasteiger partial charge in [0.15, 0.2) is 0 Å². The zero-order chi connectivity index (χ0) is 12.5. The summed E-state index contributed by atoms with van der Waals surface area (Å²) < 4.78 is 1.09. The Bertz CT molecular complexity index is 556. The Morgan fingerprint density at radius 3 is 2.89 bits per heavy atom. The van der Waals surface area contributed by atoms with Crippen LogP contribution in [0.15, 0.2) is 28.7 Å². The summed E-state index contributed by atoms with van der Waals surface area (Å²) in [6.07, 6.45) is 2.40. The van der Waals surface area contributed by atoms with Crippen LogP contribution in [0.1, 0.15) is 30.4 Å². The van der Waals surface area contributed by atoms with Gasteiger partial charge in [-0.2, -0.15) is 0 Å². The minimum Gasteiger partial charge on any atom is -0.344 e. The van der Waals surface area contributed by atoms with Gasteiger partial charge >= 0.3 is 0 Å². The number of nitrogens with one attached hydrogen (secondary N) is 2. The molecule has 1 saturated heterocycles. The molecular weight excluding hydrogens is 290 g/mol. The molecule has 0 bridgehead atoms. The molecule has 3 nitrogen and oxygen atoms in total. The lowest BCUT2D eigenvalue weighted by molar-refractivity contribution is 0.612. The molecule has 0 saturated carbocycles. The maximum Gasteiger partial charge on any atom is 0.124 e. The molecule has 2 heterocycles. The molecular formula is C14H16BrN3. The first-order valence-corrected chi connectivity index (χ1v) is 7.10. The molecule has 1 atom stereocenters. The van der Waals surface area contributed by atoms with E-state index in [0.717, 1.165) is 33.8 Å². The Balaban J connectivity index is 2.00. The Morgan fingerprint density at radius 1 is 1.33 bits per heavy atom. The van der Waals surface area contributed by atoms with E-state index < -0.39 is 0 Å². The first-order valence-electron chi connectivity index (χ1n) is 6.30. The van der Waals surface area contributed by atoms with Gasteiger partial charge in [0.25, 0.3) is 0 Å². The average Bonchev–Trinajstić information content (AvgIpc) is 2.99. The summed E-state index contributed by atoms with van der Waals surface area (Å²) in [5, 5.41) is 3.47. The van der Waals surface area contributed by atoms with E-state index >= 15 is 0 Å². The highest BCUT2D eigenvalue weighted by atomic mass is 79.9. The minimum atomic E-state index is 0.389. The Kier molecular flexibility index (Phi) is 3.22. The van der Waals surface area contributed by atoms with E-state index in [9.17, 15) is 0 Å². The number of aryl methyl sites for hydroxylation is 1. The summed E-state index contributed by atoms with van der Waals surface area (Å²) >= 11 is 3.59. The van der Waals surface area contributed by atoms with E-state index in [1.165, 1.54) is 12.8 Å². The molecule has 4 heteroatoms. The third kappa shape index (κ3) is 2.10. The van der Waals surface area contributed by atoms with Crippen molar-refractivity contribution in [3.05, 3.63) is 40.3 Å². The van der Waals surface area contributed by atoms with E-state index in [2.05, 4.69) is 45.3 Å². The molecule has 0 aliphatic carbocycles. The number of aromatic amines is 1. The maximum absolute atomic E-state index is 4.77. The molecule has 1 aromatic heterocycles. The van der Waals surface area contributed by atoms with Crippen molar-refractivity contribution < 1.29 is 0 Å². The second kappa shape index (κ2) is 4.86. The summed E-state index contributed by atoms with van der Waals surface area (Å²) in [7, 11) is 0. The monoisotopic (exact) mass is 305 g/mol. The number of benzene rings is 1. The summed E-state index contributed by atoms with van der Waals surface area (Å²) in [4.78, 5) is 8.19. The van der Waals surface area contributed by atoms with Crippen molar-refractivity contribution in [1.82, 2.24) is 15.3 Å². The summed E-state index contributed by atoms with van der Waals surface area (Å²) in [5.41, 5.74) is 3.33. The summed E-state index contributed by atoms with van der Waals surface area (Å²) in [6, 6.07) is 8.60. The van der Waals surface area contributed by atoms with Crippen LogP contribution in [0, 0.1) is 6.92 Å². The molecule has 2 aromatic rings. The molecule has 1 aliphatic heterocycles. The smallest absolute Gasteiger partial charge is 0.124 e. The highest BCUT2D eigenvalue weighted by molar-refractivity contribution is 9.10. The zero-order valence-corrected chi connectivity index (χ0v) is 11.9. The van der Waals surface area contributed by atoms with Gasteiger partial charge in [0.2, 0.25) is 0 Å². The lowest BCUT2D eigenvalue weighted by Crippen LogP contribution is -2.14. The number of halogens is 1. The topological polar surface area (TPSA) is 40.7 Å². The quantitative estimate of drug-likeness (QED) is 0.890. The Labute approximate surface area is 115 Å². The molecule has 18 heavy (non-hydrogen) atoms. The fraction of sp³-hybridized carbons (Fsp3) is 0.357. The number of imidazole rings is 1. The minimum absolute atomic E-state index is 0.389. The van der Waals surface area contributed by atoms with Gasteiger partial charge in [-0.25, -0.2) is 4.98 Å². The van der Waals surface area contributed by atoms with E-state index in [4.69, 9.17) is 4.98 Å². The maximum atomic E-state index is 4.77. The third-order valence-electron chi connectivity index (χ3n) is 3.42. The first kappa shape index (κ1) is 11.9. The molecule has 94 valence electrons. The van der Waals surface area contributed by atoms with Gasteiger partial charge in [0.1, 0.15) is 5.82 Å². The molecule has 1 unspecified atom stereocenters. The zero-order valence-electron chi connectivity index (χ0n) is 10.3. The van der Waals surface area contributed by atoms with Gasteiger partial charge in [0, 0.05) is 15.7 Å². The number of H-pyrrole nitrogens is 1. The van der Waals surface area contributed by atoms with Crippen LogP contribution in [0.3, 0.4) is 0 Å². The van der Waals surface area contributed by atoms with Crippen LogP contribution in [0.25, 0.3) is 11.3 Å². The normalized spacial score (nSPS) is 19.3. The average molecular weight is 306 g/mol. The van der Waals surface area contributed by atoms with Crippen molar-refractivity contribution in [3.63, 3.8) is 0 Å². The molecule has 0 spiro atoms. The van der Waals surface area contributed by atoms with Crippen molar-refractivity contribution in [2.75, 3.05) is 6.54 Å². The van der Waals surface area contributed by atoms with Crippen LogP contribution in [0.4, 0.5) is 0 Å². The van der Waals surface area contributed by atoms with Crippen LogP contribution in [-0.4, -0.2) is 16.5 Å². The van der Waals surface area contributed by atoms with Crippen LogP contribution >= 0.6 is 15.9 Å². The predicted octanol–water partition coefficient (Wildman–Crippen LogP) is 3.57. The fourth-order valence-electron chi connectivity index (χ4n) is 2.48. The van der Waals surface area contributed by atoms with Crippen LogP contribution in [0.5, 0.6) is 0 Å². The van der Waals surface area contributed by atoms with Gasteiger partial charge < -0.3 is 10.3 Å². The predicted molar refractivity (Wildman–Crippen MR) is 76.4 cm³/mol. The highest BCUT2D eigenvalue weighted by Crippen LogP contribution is 2.31. The number of hydrogen-bond donors (Lipinski definition) is 2. The van der Waals surface area contributed by atoms with Gasteiger partial charge in [-0.15, -0.1) is 0 Å². The van der Waals surface area contributed by atoms with E-state index in [-0.39, 0.29) is 0 Å². The fourth-order valence-corrected chi connectivity index (χ4v) is 2.95. The van der Waals surface area contributed by atoms with Crippen molar-refractivity contribution in [2.45, 2.75) is 25.8 Å². The standard InChI is InChI=1S/C14H16BrN3/c1-9-13(10-5-2-3-6-11(10)15)18-14(17-9)12-7-4-8-16-12/h2-3,5-6,12,16H,4,7-8H2,1H3,(H,17,18). The lowest BCUT2D eigenvalue weighted by atomic mass is 10.1. The van der Waals surface area contributed by atoms with E-state index in [0.29, 0.717) is 6.04 Å². The van der Waals surface area contributed by atoms with E-state index in [1.807, 2.05) is 12.1 Å². The van der Waals surface area contributed by atoms with Crippen molar-refractivity contribution in [2.24, 2.45) is 0 Å². The molecule has 1 aromatic carbocycles. The SMILES string of the molecule is Cc1[nH]c(C2CCCN2)nc1-c1ccccc1Br. The summed E-state index contributed by atoms with van der Waals surface area (Å²) in [6.45, 7) is 3.18. The highest BCUT2D eigenvalue weighted by Gasteiger charge is 2.21. The molecule has 0 amide bonds. The largest absolute Gasteiger partial charge is 0.344 e. The second-order valence-corrected chi connectivity index (χ2v) is 5.58. The van der Waals surface area contributed by atoms with Crippen molar-refractivity contribution >= 4 is 15.9 Å². The van der Waals surface area contributed by atoms with Gasteiger partial charge in [-0.1, -0.05) is 34.1 Å². The van der Waals surface area contributed by atoms with Gasteiger partial charge in [-0.3, -0.25) is 0 Å². The molecule has 3 rings (SSSR count). The molecule has 2 N–H and O–H groups in total.